The summed E-state index contributed by atoms with van der Waals surface area (Å²) in [6.45, 7) is 2.95. The van der Waals surface area contributed by atoms with E-state index in [4.69, 9.17) is 5.11 Å². The van der Waals surface area contributed by atoms with E-state index in [9.17, 15) is 4.79 Å². The van der Waals surface area contributed by atoms with Gasteiger partial charge in [-0.25, -0.2) is 0 Å². The van der Waals surface area contributed by atoms with Gasteiger partial charge in [0.05, 0.1) is 18.3 Å². The van der Waals surface area contributed by atoms with Crippen LogP contribution in [0.25, 0.3) is 0 Å². The van der Waals surface area contributed by atoms with E-state index < -0.39 is 5.97 Å². The number of pyridine rings is 1. The van der Waals surface area contributed by atoms with Crippen LogP contribution < -0.4 is 4.90 Å². The predicted octanol–water partition coefficient (Wildman–Crippen LogP) is 2.31. The van der Waals surface area contributed by atoms with Crippen molar-refractivity contribution >= 4 is 11.7 Å². The molecule has 1 aliphatic rings. The van der Waals surface area contributed by atoms with Crippen molar-refractivity contribution in [2.24, 2.45) is 0 Å². The van der Waals surface area contributed by atoms with Crippen LogP contribution in [-0.2, 0) is 4.79 Å². The summed E-state index contributed by atoms with van der Waals surface area (Å²) in [5, 5.41) is 9.05. The summed E-state index contributed by atoms with van der Waals surface area (Å²) in [6.07, 6.45) is 6.87. The fraction of sp³-hybridized carbons (Fsp3) is 0.538. The van der Waals surface area contributed by atoms with E-state index in [1.165, 1.54) is 0 Å². The molecule has 4 heteroatoms. The molecule has 0 aliphatic carbocycles. The topological polar surface area (TPSA) is 53.4 Å². The number of aliphatic carboxylic acids is 1. The average Bonchev–Trinajstić information content (AvgIpc) is 2.29. The number of hydrogen-bond donors (Lipinski definition) is 1. The molecule has 0 saturated carbocycles. The van der Waals surface area contributed by atoms with Gasteiger partial charge in [0.1, 0.15) is 0 Å². The van der Waals surface area contributed by atoms with E-state index in [2.05, 4.69) is 9.88 Å². The lowest BCUT2D eigenvalue weighted by atomic mass is 9.85. The first-order chi connectivity index (χ1) is 8.12. The highest BCUT2D eigenvalue weighted by molar-refractivity contribution is 5.69. The number of hydrogen-bond acceptors (Lipinski definition) is 3. The molecule has 2 heterocycles. The van der Waals surface area contributed by atoms with Crippen molar-refractivity contribution in [3.63, 3.8) is 0 Å². The molecule has 1 aliphatic heterocycles. The minimum Gasteiger partial charge on any atom is -0.481 e. The van der Waals surface area contributed by atoms with Gasteiger partial charge in [0.15, 0.2) is 0 Å². The molecule has 0 aromatic carbocycles. The zero-order valence-electron chi connectivity index (χ0n) is 10.1. The first-order valence-corrected chi connectivity index (χ1v) is 6.01. The van der Waals surface area contributed by atoms with Crippen LogP contribution in [0.2, 0.25) is 0 Å². The molecule has 0 spiro atoms. The number of aromatic nitrogens is 1. The van der Waals surface area contributed by atoms with Gasteiger partial charge in [0.2, 0.25) is 0 Å². The van der Waals surface area contributed by atoms with Crippen LogP contribution in [0.5, 0.6) is 0 Å². The Bertz CT molecular complexity index is 394. The number of piperidine rings is 1. The summed E-state index contributed by atoms with van der Waals surface area (Å²) >= 11 is 0. The molecule has 0 radical (unpaired) electrons. The highest BCUT2D eigenvalue weighted by atomic mass is 16.4. The smallest absolute Gasteiger partial charge is 0.305 e. The molecule has 1 N–H and O–H groups in total. The van der Waals surface area contributed by atoms with Gasteiger partial charge in [-0.3, -0.25) is 9.78 Å². The molecule has 1 aromatic heterocycles. The van der Waals surface area contributed by atoms with Gasteiger partial charge in [0.25, 0.3) is 0 Å². The number of carboxylic acid groups (broad SMARTS) is 1. The number of carboxylic acids is 1. The van der Waals surface area contributed by atoms with Crippen LogP contribution in [0.3, 0.4) is 0 Å². The Labute approximate surface area is 101 Å². The van der Waals surface area contributed by atoms with Gasteiger partial charge in [-0.2, -0.15) is 0 Å². The maximum Gasteiger partial charge on any atom is 0.305 e. The maximum atomic E-state index is 11.0. The molecule has 92 valence electrons. The quantitative estimate of drug-likeness (QED) is 0.872. The highest BCUT2D eigenvalue weighted by Crippen LogP contribution is 2.34. The van der Waals surface area contributed by atoms with Crippen molar-refractivity contribution in [2.75, 3.05) is 11.4 Å². The minimum absolute atomic E-state index is 0.182. The Morgan fingerprint density at radius 1 is 1.59 bits per heavy atom. The van der Waals surface area contributed by atoms with Crippen LogP contribution in [0.4, 0.5) is 5.69 Å². The van der Waals surface area contributed by atoms with E-state index in [1.54, 1.807) is 6.20 Å². The summed E-state index contributed by atoms with van der Waals surface area (Å²) in [5.74, 6) is -0.733. The predicted molar refractivity (Wildman–Crippen MR) is 66.1 cm³/mol. The largest absolute Gasteiger partial charge is 0.481 e. The zero-order valence-corrected chi connectivity index (χ0v) is 10.1. The second-order valence-electron chi connectivity index (χ2n) is 4.89. The van der Waals surface area contributed by atoms with Crippen molar-refractivity contribution in [2.45, 2.75) is 38.1 Å². The van der Waals surface area contributed by atoms with Crippen LogP contribution >= 0.6 is 0 Å². The second kappa shape index (κ2) is 4.73. The van der Waals surface area contributed by atoms with Gasteiger partial charge < -0.3 is 10.0 Å². The number of anilines is 1. The van der Waals surface area contributed by atoms with Crippen LogP contribution in [0.1, 0.15) is 32.6 Å². The van der Waals surface area contributed by atoms with E-state index in [0.717, 1.165) is 31.5 Å². The molecule has 1 aromatic rings. The summed E-state index contributed by atoms with van der Waals surface area (Å²) < 4.78 is 0. The van der Waals surface area contributed by atoms with Crippen LogP contribution in [0, 0.1) is 0 Å². The fourth-order valence-corrected chi connectivity index (χ4v) is 2.64. The number of carbonyl (C=O) groups is 1. The first kappa shape index (κ1) is 11.9. The normalized spacial score (nSPS) is 24.6. The van der Waals surface area contributed by atoms with Gasteiger partial charge in [-0.05, 0) is 38.3 Å². The van der Waals surface area contributed by atoms with Gasteiger partial charge in [0, 0.05) is 18.3 Å². The van der Waals surface area contributed by atoms with Crippen molar-refractivity contribution in [3.05, 3.63) is 24.5 Å². The van der Waals surface area contributed by atoms with E-state index in [1.807, 2.05) is 25.3 Å². The highest BCUT2D eigenvalue weighted by Gasteiger charge is 2.36. The van der Waals surface area contributed by atoms with Crippen LogP contribution in [-0.4, -0.2) is 28.1 Å². The lowest BCUT2D eigenvalue weighted by molar-refractivity contribution is -0.138. The van der Waals surface area contributed by atoms with Gasteiger partial charge >= 0.3 is 5.97 Å². The number of nitrogens with zero attached hydrogens (tertiary/aromatic N) is 2. The number of rotatable bonds is 3. The molecular formula is C13H18N2O2. The Morgan fingerprint density at radius 2 is 2.41 bits per heavy atom. The Kier molecular flexibility index (Phi) is 3.31. The lowest BCUT2D eigenvalue weighted by Crippen LogP contribution is -2.51. The Balaban J connectivity index is 2.26. The molecule has 1 atom stereocenters. The monoisotopic (exact) mass is 234 g/mol. The Morgan fingerprint density at radius 3 is 3.06 bits per heavy atom. The standard InChI is InChI=1S/C13H18N2O2/c1-13(9-12(16)17)6-2-3-8-15(13)11-5-4-7-14-10-11/h4-5,7,10H,2-3,6,8-9H2,1H3,(H,16,17). The molecule has 17 heavy (non-hydrogen) atoms. The van der Waals surface area contributed by atoms with Crippen molar-refractivity contribution in [3.8, 4) is 0 Å². The average molecular weight is 234 g/mol. The maximum absolute atomic E-state index is 11.0. The van der Waals surface area contributed by atoms with Gasteiger partial charge in [-0.1, -0.05) is 0 Å². The zero-order chi connectivity index (χ0) is 12.3. The van der Waals surface area contributed by atoms with Crippen LogP contribution in [0.15, 0.2) is 24.5 Å². The molecule has 1 saturated heterocycles. The third kappa shape index (κ3) is 2.57. The molecule has 4 nitrogen and oxygen atoms in total. The minimum atomic E-state index is -0.733. The third-order valence-electron chi connectivity index (χ3n) is 3.49. The van der Waals surface area contributed by atoms with Gasteiger partial charge in [-0.15, -0.1) is 0 Å². The lowest BCUT2D eigenvalue weighted by Gasteiger charge is -2.45. The Hall–Kier alpha value is -1.58. The second-order valence-corrected chi connectivity index (χ2v) is 4.89. The molecule has 1 fully saturated rings. The van der Waals surface area contributed by atoms with E-state index in [-0.39, 0.29) is 12.0 Å². The van der Waals surface area contributed by atoms with Crippen molar-refractivity contribution in [1.82, 2.24) is 4.98 Å². The van der Waals surface area contributed by atoms with Crippen molar-refractivity contribution < 1.29 is 9.90 Å². The first-order valence-electron chi connectivity index (χ1n) is 6.01. The van der Waals surface area contributed by atoms with E-state index in [0.29, 0.717) is 0 Å². The fourth-order valence-electron chi connectivity index (χ4n) is 2.64. The SMILES string of the molecule is CC1(CC(=O)O)CCCCN1c1cccnc1. The molecule has 2 rings (SSSR count). The summed E-state index contributed by atoms with van der Waals surface area (Å²) in [4.78, 5) is 17.3. The molecule has 1 unspecified atom stereocenters. The molecular weight excluding hydrogens is 216 g/mol. The van der Waals surface area contributed by atoms with Crippen molar-refractivity contribution in [1.29, 1.82) is 0 Å². The molecule has 0 bridgehead atoms. The summed E-state index contributed by atoms with van der Waals surface area (Å²) in [5.41, 5.74) is 0.739. The van der Waals surface area contributed by atoms with E-state index >= 15 is 0 Å². The molecule has 0 amide bonds. The third-order valence-corrected chi connectivity index (χ3v) is 3.49. The summed E-state index contributed by atoms with van der Waals surface area (Å²) in [7, 11) is 0. The summed E-state index contributed by atoms with van der Waals surface area (Å²) in [6, 6.07) is 3.89.